The highest BCUT2D eigenvalue weighted by molar-refractivity contribution is 5.92. The van der Waals surface area contributed by atoms with Gasteiger partial charge in [-0.1, -0.05) is 19.0 Å². The molecule has 0 bridgehead atoms. The van der Waals surface area contributed by atoms with Gasteiger partial charge in [-0.15, -0.1) is 0 Å². The molecule has 0 fully saturated rings. The molecule has 0 saturated heterocycles. The van der Waals surface area contributed by atoms with Crippen LogP contribution in [-0.2, 0) is 6.54 Å². The van der Waals surface area contributed by atoms with Crippen LogP contribution < -0.4 is 0 Å². The summed E-state index contributed by atoms with van der Waals surface area (Å²) in [5, 5.41) is 13.1. The number of imidazole rings is 1. The second-order valence-corrected chi connectivity index (χ2v) is 5.21. The standard InChI is InChI=1S/C15H15N3O3/c1-9(2)14-16-12-4-3-10(15(19)20)7-13(12)18(14)8-11-5-6-21-17-11/h3-7,9H,8H2,1-2H3,(H,19,20). The fraction of sp³-hybridized carbons (Fsp3) is 0.267. The number of rotatable bonds is 4. The van der Waals surface area contributed by atoms with Gasteiger partial charge in [-0.25, -0.2) is 9.78 Å². The highest BCUT2D eigenvalue weighted by atomic mass is 16.5. The van der Waals surface area contributed by atoms with Crippen molar-refractivity contribution in [2.24, 2.45) is 0 Å². The molecule has 1 aromatic carbocycles. The maximum atomic E-state index is 11.2. The van der Waals surface area contributed by atoms with E-state index in [0.29, 0.717) is 6.54 Å². The molecule has 0 amide bonds. The molecule has 0 aliphatic rings. The quantitative estimate of drug-likeness (QED) is 0.797. The first-order chi connectivity index (χ1) is 10.1. The van der Waals surface area contributed by atoms with Gasteiger partial charge in [-0.05, 0) is 18.2 Å². The van der Waals surface area contributed by atoms with Crippen LogP contribution in [0.5, 0.6) is 0 Å². The molecule has 2 heterocycles. The van der Waals surface area contributed by atoms with Crippen LogP contribution >= 0.6 is 0 Å². The van der Waals surface area contributed by atoms with Crippen LogP contribution in [0.1, 0.15) is 41.6 Å². The van der Waals surface area contributed by atoms with Crippen LogP contribution in [0.3, 0.4) is 0 Å². The average Bonchev–Trinajstić information content (AvgIpc) is 3.06. The number of fused-ring (bicyclic) bond motifs is 1. The second kappa shape index (κ2) is 5.05. The van der Waals surface area contributed by atoms with E-state index in [0.717, 1.165) is 22.6 Å². The molecule has 0 unspecified atom stereocenters. The Kier molecular flexibility index (Phi) is 3.21. The summed E-state index contributed by atoms with van der Waals surface area (Å²) in [4.78, 5) is 15.8. The van der Waals surface area contributed by atoms with Gasteiger partial charge in [-0.3, -0.25) is 0 Å². The molecule has 0 aliphatic heterocycles. The van der Waals surface area contributed by atoms with E-state index < -0.39 is 5.97 Å². The third kappa shape index (κ3) is 2.40. The van der Waals surface area contributed by atoms with Gasteiger partial charge >= 0.3 is 5.97 Å². The number of aromatic carboxylic acids is 1. The normalized spacial score (nSPS) is 11.4. The Bertz CT molecular complexity index is 788. The van der Waals surface area contributed by atoms with Crippen molar-refractivity contribution in [1.82, 2.24) is 14.7 Å². The summed E-state index contributed by atoms with van der Waals surface area (Å²) >= 11 is 0. The van der Waals surface area contributed by atoms with Crippen molar-refractivity contribution in [3.8, 4) is 0 Å². The lowest BCUT2D eigenvalue weighted by molar-refractivity contribution is 0.0697. The van der Waals surface area contributed by atoms with Gasteiger partial charge in [0.15, 0.2) is 0 Å². The van der Waals surface area contributed by atoms with E-state index in [4.69, 9.17) is 9.63 Å². The zero-order valence-corrected chi connectivity index (χ0v) is 11.8. The number of carboxylic acids is 1. The molecule has 2 aromatic heterocycles. The molecular weight excluding hydrogens is 270 g/mol. The molecule has 1 N–H and O–H groups in total. The number of benzene rings is 1. The van der Waals surface area contributed by atoms with Crippen LogP contribution in [0.2, 0.25) is 0 Å². The van der Waals surface area contributed by atoms with Gasteiger partial charge < -0.3 is 14.2 Å². The highest BCUT2D eigenvalue weighted by Crippen LogP contribution is 2.24. The molecule has 108 valence electrons. The maximum Gasteiger partial charge on any atom is 0.335 e. The molecular formula is C15H15N3O3. The first-order valence-corrected chi connectivity index (χ1v) is 6.69. The van der Waals surface area contributed by atoms with E-state index in [1.807, 2.05) is 4.57 Å². The topological polar surface area (TPSA) is 81.1 Å². The summed E-state index contributed by atoms with van der Waals surface area (Å²) in [6.07, 6.45) is 1.52. The number of carboxylic acid groups (broad SMARTS) is 1. The Morgan fingerprint density at radius 2 is 2.19 bits per heavy atom. The maximum absolute atomic E-state index is 11.2. The lowest BCUT2D eigenvalue weighted by atomic mass is 10.2. The summed E-state index contributed by atoms with van der Waals surface area (Å²) in [6.45, 7) is 4.61. The molecule has 6 heteroatoms. The second-order valence-electron chi connectivity index (χ2n) is 5.21. The smallest absolute Gasteiger partial charge is 0.335 e. The highest BCUT2D eigenvalue weighted by Gasteiger charge is 2.16. The van der Waals surface area contributed by atoms with Crippen molar-refractivity contribution in [1.29, 1.82) is 0 Å². The van der Waals surface area contributed by atoms with Crippen molar-refractivity contribution in [2.45, 2.75) is 26.3 Å². The average molecular weight is 285 g/mol. The largest absolute Gasteiger partial charge is 0.478 e. The van der Waals surface area contributed by atoms with Crippen LogP contribution in [0.4, 0.5) is 0 Å². The van der Waals surface area contributed by atoms with Crippen molar-refractivity contribution in [3.05, 3.63) is 47.6 Å². The molecule has 3 aromatic rings. The molecule has 0 saturated carbocycles. The van der Waals surface area contributed by atoms with Crippen LogP contribution in [0.15, 0.2) is 35.1 Å². The number of hydrogen-bond acceptors (Lipinski definition) is 4. The number of carbonyl (C=O) groups is 1. The number of aromatic nitrogens is 3. The third-order valence-corrected chi connectivity index (χ3v) is 3.35. The fourth-order valence-corrected chi connectivity index (χ4v) is 2.36. The van der Waals surface area contributed by atoms with E-state index >= 15 is 0 Å². The van der Waals surface area contributed by atoms with Crippen LogP contribution in [0.25, 0.3) is 11.0 Å². The van der Waals surface area contributed by atoms with Crippen molar-refractivity contribution < 1.29 is 14.4 Å². The van der Waals surface area contributed by atoms with E-state index in [1.165, 1.54) is 6.26 Å². The van der Waals surface area contributed by atoms with E-state index in [2.05, 4.69) is 24.0 Å². The first kappa shape index (κ1) is 13.4. The monoisotopic (exact) mass is 285 g/mol. The Morgan fingerprint density at radius 3 is 2.81 bits per heavy atom. The van der Waals surface area contributed by atoms with E-state index in [9.17, 15) is 4.79 Å². The zero-order chi connectivity index (χ0) is 15.0. The molecule has 0 spiro atoms. The summed E-state index contributed by atoms with van der Waals surface area (Å²) in [6, 6.07) is 6.75. The fourth-order valence-electron chi connectivity index (χ4n) is 2.36. The molecule has 0 aliphatic carbocycles. The van der Waals surface area contributed by atoms with Gasteiger partial charge in [-0.2, -0.15) is 0 Å². The van der Waals surface area contributed by atoms with Crippen LogP contribution in [-0.4, -0.2) is 25.8 Å². The molecule has 0 atom stereocenters. The van der Waals surface area contributed by atoms with Crippen LogP contribution in [0, 0.1) is 0 Å². The third-order valence-electron chi connectivity index (χ3n) is 3.35. The minimum absolute atomic E-state index is 0.220. The van der Waals surface area contributed by atoms with Crippen molar-refractivity contribution in [2.75, 3.05) is 0 Å². The summed E-state index contributed by atoms with van der Waals surface area (Å²) in [7, 11) is 0. The van der Waals surface area contributed by atoms with Crippen molar-refractivity contribution >= 4 is 17.0 Å². The van der Waals surface area contributed by atoms with E-state index in [1.54, 1.807) is 24.3 Å². The van der Waals surface area contributed by atoms with Gasteiger partial charge in [0.25, 0.3) is 0 Å². The minimum Gasteiger partial charge on any atom is -0.478 e. The molecule has 0 radical (unpaired) electrons. The number of hydrogen-bond donors (Lipinski definition) is 1. The Balaban J connectivity index is 2.18. The van der Waals surface area contributed by atoms with Gasteiger partial charge in [0.05, 0.1) is 23.1 Å². The summed E-state index contributed by atoms with van der Waals surface area (Å²) in [5.41, 5.74) is 2.60. The molecule has 3 rings (SSSR count). The SMILES string of the molecule is CC(C)c1nc2ccc(C(=O)O)cc2n1Cc1ccon1. The lowest BCUT2D eigenvalue weighted by Gasteiger charge is -2.09. The predicted octanol–water partition coefficient (Wildman–Crippen LogP) is 2.89. The Labute approximate surface area is 121 Å². The van der Waals surface area contributed by atoms with Gasteiger partial charge in [0.2, 0.25) is 0 Å². The summed E-state index contributed by atoms with van der Waals surface area (Å²) < 4.78 is 6.85. The first-order valence-electron chi connectivity index (χ1n) is 6.69. The summed E-state index contributed by atoms with van der Waals surface area (Å²) in [5.74, 6) is 0.172. The predicted molar refractivity (Wildman–Crippen MR) is 76.4 cm³/mol. The molecule has 6 nitrogen and oxygen atoms in total. The van der Waals surface area contributed by atoms with Crippen molar-refractivity contribution in [3.63, 3.8) is 0 Å². The zero-order valence-electron chi connectivity index (χ0n) is 11.8. The number of nitrogens with zero attached hydrogens (tertiary/aromatic N) is 3. The lowest BCUT2D eigenvalue weighted by Crippen LogP contribution is -2.07. The minimum atomic E-state index is -0.947. The molecule has 21 heavy (non-hydrogen) atoms. The Morgan fingerprint density at radius 1 is 1.38 bits per heavy atom. The van der Waals surface area contributed by atoms with Gasteiger partial charge in [0.1, 0.15) is 17.8 Å². The Hall–Kier alpha value is -2.63. The van der Waals surface area contributed by atoms with E-state index in [-0.39, 0.29) is 11.5 Å². The van der Waals surface area contributed by atoms with Gasteiger partial charge in [0, 0.05) is 12.0 Å².